The summed E-state index contributed by atoms with van der Waals surface area (Å²) in [5, 5.41) is 3.93. The van der Waals surface area contributed by atoms with Crippen molar-refractivity contribution in [2.24, 2.45) is 5.92 Å². The zero-order valence-corrected chi connectivity index (χ0v) is 12.6. The molecule has 1 N–H and O–H groups in total. The lowest BCUT2D eigenvalue weighted by atomic mass is 9.91. The molecule has 2 unspecified atom stereocenters. The third-order valence-corrected chi connectivity index (χ3v) is 5.06. The van der Waals surface area contributed by atoms with Gasteiger partial charge in [-0.2, -0.15) is 0 Å². The van der Waals surface area contributed by atoms with Gasteiger partial charge in [0.15, 0.2) is 0 Å². The lowest BCUT2D eigenvalue weighted by Crippen LogP contribution is -2.39. The molecule has 0 amide bonds. The second-order valence-corrected chi connectivity index (χ2v) is 6.40. The molecule has 1 heterocycles. The van der Waals surface area contributed by atoms with Crippen LogP contribution in [0.2, 0.25) is 0 Å². The maximum Gasteiger partial charge on any atom is 0.0469 e. The molecule has 0 saturated carbocycles. The summed E-state index contributed by atoms with van der Waals surface area (Å²) in [6, 6.07) is 10.2. The van der Waals surface area contributed by atoms with E-state index in [1.165, 1.54) is 38.5 Å². The molecule has 1 aromatic rings. The minimum absolute atomic E-state index is 0.548. The third-order valence-electron chi connectivity index (χ3n) is 5.06. The fourth-order valence-corrected chi connectivity index (χ4v) is 3.76. The Kier molecular flexibility index (Phi) is 4.74. The highest BCUT2D eigenvalue weighted by atomic mass is 16.5. The van der Waals surface area contributed by atoms with Crippen molar-refractivity contribution < 1.29 is 4.74 Å². The van der Waals surface area contributed by atoms with Gasteiger partial charge in [0.1, 0.15) is 0 Å². The predicted molar refractivity (Wildman–Crippen MR) is 82.9 cm³/mol. The van der Waals surface area contributed by atoms with Gasteiger partial charge in [-0.3, -0.25) is 0 Å². The minimum atomic E-state index is 0.548. The molecule has 1 fully saturated rings. The van der Waals surface area contributed by atoms with E-state index in [0.717, 1.165) is 19.1 Å². The van der Waals surface area contributed by atoms with E-state index in [4.69, 9.17) is 4.74 Å². The van der Waals surface area contributed by atoms with Crippen LogP contribution in [0.5, 0.6) is 0 Å². The number of hydrogen-bond donors (Lipinski definition) is 1. The fourth-order valence-electron chi connectivity index (χ4n) is 3.76. The summed E-state index contributed by atoms with van der Waals surface area (Å²) in [7, 11) is 0. The zero-order chi connectivity index (χ0) is 13.8. The van der Waals surface area contributed by atoms with E-state index in [1.54, 1.807) is 11.1 Å². The molecule has 2 heteroatoms. The molecule has 110 valence electrons. The van der Waals surface area contributed by atoms with Crippen LogP contribution in [-0.4, -0.2) is 19.3 Å². The molecule has 1 saturated heterocycles. The Hall–Kier alpha value is -0.860. The highest BCUT2D eigenvalue weighted by Crippen LogP contribution is 2.30. The van der Waals surface area contributed by atoms with Crippen LogP contribution in [0.1, 0.15) is 56.2 Å². The number of nitrogens with one attached hydrogen (secondary N) is 1. The summed E-state index contributed by atoms with van der Waals surface area (Å²) < 4.78 is 5.49. The van der Waals surface area contributed by atoms with Gasteiger partial charge in [0.05, 0.1) is 0 Å². The molecular weight excluding hydrogens is 246 g/mol. The van der Waals surface area contributed by atoms with Gasteiger partial charge in [0.25, 0.3) is 0 Å². The summed E-state index contributed by atoms with van der Waals surface area (Å²) in [5.41, 5.74) is 3.10. The molecule has 2 atom stereocenters. The van der Waals surface area contributed by atoms with Crippen LogP contribution in [0.15, 0.2) is 24.3 Å². The number of fused-ring (bicyclic) bond motifs is 1. The highest BCUT2D eigenvalue weighted by molar-refractivity contribution is 5.31. The van der Waals surface area contributed by atoms with Crippen LogP contribution >= 0.6 is 0 Å². The molecule has 1 aliphatic heterocycles. The van der Waals surface area contributed by atoms with Crippen molar-refractivity contribution >= 4 is 0 Å². The second-order valence-electron chi connectivity index (χ2n) is 6.40. The van der Waals surface area contributed by atoms with Crippen LogP contribution < -0.4 is 5.32 Å². The Morgan fingerprint density at radius 3 is 2.75 bits per heavy atom. The smallest absolute Gasteiger partial charge is 0.0469 e. The fraction of sp³-hybridized carbons (Fsp3) is 0.667. The molecule has 0 radical (unpaired) electrons. The molecular formula is C18H27NO. The number of hydrogen-bond acceptors (Lipinski definition) is 2. The lowest BCUT2D eigenvalue weighted by molar-refractivity contribution is 0.0542. The first-order valence-electron chi connectivity index (χ1n) is 8.26. The van der Waals surface area contributed by atoms with E-state index in [9.17, 15) is 0 Å². The Balaban J connectivity index is 1.69. The van der Waals surface area contributed by atoms with E-state index in [-0.39, 0.29) is 0 Å². The van der Waals surface area contributed by atoms with Crippen molar-refractivity contribution in [1.82, 2.24) is 5.32 Å². The average Bonchev–Trinajstić information content (AvgIpc) is 2.71. The Morgan fingerprint density at radius 2 is 1.90 bits per heavy atom. The van der Waals surface area contributed by atoms with E-state index < -0.39 is 0 Å². The van der Waals surface area contributed by atoms with Crippen LogP contribution in [0.3, 0.4) is 0 Å². The van der Waals surface area contributed by atoms with Gasteiger partial charge < -0.3 is 10.1 Å². The van der Waals surface area contributed by atoms with E-state index in [1.807, 2.05) is 0 Å². The van der Waals surface area contributed by atoms with Crippen LogP contribution in [0, 0.1) is 5.92 Å². The topological polar surface area (TPSA) is 21.3 Å². The molecule has 20 heavy (non-hydrogen) atoms. The maximum absolute atomic E-state index is 5.49. The summed E-state index contributed by atoms with van der Waals surface area (Å²) in [6.07, 6.45) is 7.63. The van der Waals surface area contributed by atoms with Crippen LogP contribution in [0.4, 0.5) is 0 Å². The van der Waals surface area contributed by atoms with Crippen LogP contribution in [0.25, 0.3) is 0 Å². The average molecular weight is 273 g/mol. The van der Waals surface area contributed by atoms with Gasteiger partial charge in [0.2, 0.25) is 0 Å². The normalized spacial score (nSPS) is 25.8. The molecule has 1 aromatic carbocycles. The molecule has 3 rings (SSSR count). The number of rotatable bonds is 3. The van der Waals surface area contributed by atoms with E-state index in [0.29, 0.717) is 12.1 Å². The molecule has 0 spiro atoms. The highest BCUT2D eigenvalue weighted by Gasteiger charge is 2.25. The molecule has 0 aromatic heterocycles. The van der Waals surface area contributed by atoms with Crippen molar-refractivity contribution in [3.63, 3.8) is 0 Å². The number of ether oxygens (including phenoxy) is 1. The molecule has 2 aliphatic rings. The monoisotopic (exact) mass is 273 g/mol. The summed E-state index contributed by atoms with van der Waals surface area (Å²) >= 11 is 0. The standard InChI is InChI=1S/C18H27NO/c1-14(15-10-12-20-13-11-15)19-18-9-5-3-7-16-6-2-4-8-17(16)18/h2,4,6,8,14-15,18-19H,3,5,7,9-13H2,1H3. The van der Waals surface area contributed by atoms with Gasteiger partial charge in [0, 0.05) is 25.3 Å². The first-order valence-corrected chi connectivity index (χ1v) is 8.26. The van der Waals surface area contributed by atoms with E-state index >= 15 is 0 Å². The summed E-state index contributed by atoms with van der Waals surface area (Å²) in [6.45, 7) is 4.25. The summed E-state index contributed by atoms with van der Waals surface area (Å²) in [5.74, 6) is 0.777. The molecule has 2 nitrogen and oxygen atoms in total. The van der Waals surface area contributed by atoms with Gasteiger partial charge in [-0.1, -0.05) is 30.7 Å². The predicted octanol–water partition coefficient (Wildman–Crippen LogP) is 3.86. The minimum Gasteiger partial charge on any atom is -0.381 e. The van der Waals surface area contributed by atoms with Crippen molar-refractivity contribution in [3.05, 3.63) is 35.4 Å². The zero-order valence-electron chi connectivity index (χ0n) is 12.6. The SMILES string of the molecule is CC(NC1CCCCc2ccccc21)C1CCOCC1. The van der Waals surface area contributed by atoms with Crippen molar-refractivity contribution in [1.29, 1.82) is 0 Å². The second kappa shape index (κ2) is 6.73. The van der Waals surface area contributed by atoms with Gasteiger partial charge in [-0.05, 0) is 56.1 Å². The molecule has 0 bridgehead atoms. The van der Waals surface area contributed by atoms with Crippen molar-refractivity contribution in [2.45, 2.75) is 57.5 Å². The van der Waals surface area contributed by atoms with Gasteiger partial charge in [-0.25, -0.2) is 0 Å². The summed E-state index contributed by atoms with van der Waals surface area (Å²) in [4.78, 5) is 0. The van der Waals surface area contributed by atoms with Crippen molar-refractivity contribution in [3.8, 4) is 0 Å². The maximum atomic E-state index is 5.49. The Labute approximate surface area is 122 Å². The van der Waals surface area contributed by atoms with Gasteiger partial charge >= 0.3 is 0 Å². The van der Waals surface area contributed by atoms with Crippen molar-refractivity contribution in [2.75, 3.05) is 13.2 Å². The number of benzene rings is 1. The first kappa shape index (κ1) is 14.1. The third kappa shape index (κ3) is 3.24. The number of aryl methyl sites for hydroxylation is 1. The largest absolute Gasteiger partial charge is 0.381 e. The molecule has 1 aliphatic carbocycles. The van der Waals surface area contributed by atoms with Crippen LogP contribution in [-0.2, 0) is 11.2 Å². The first-order chi connectivity index (χ1) is 9.84. The quantitative estimate of drug-likeness (QED) is 0.844. The Morgan fingerprint density at radius 1 is 1.10 bits per heavy atom. The lowest BCUT2D eigenvalue weighted by Gasteiger charge is -2.32. The Bertz CT molecular complexity index is 425. The van der Waals surface area contributed by atoms with E-state index in [2.05, 4.69) is 36.5 Å². The van der Waals surface area contributed by atoms with Gasteiger partial charge in [-0.15, -0.1) is 0 Å².